The van der Waals surface area contributed by atoms with Crippen molar-refractivity contribution in [3.63, 3.8) is 0 Å². The smallest absolute Gasteiger partial charge is 0.191 e. The van der Waals surface area contributed by atoms with Crippen molar-refractivity contribution in [3.05, 3.63) is 46.2 Å². The van der Waals surface area contributed by atoms with E-state index in [-0.39, 0.29) is 30.1 Å². The lowest BCUT2D eigenvalue weighted by atomic mass is 10.2. The second-order valence-electron chi connectivity index (χ2n) is 5.33. The predicted molar refractivity (Wildman–Crippen MR) is 109 cm³/mol. The first-order chi connectivity index (χ1) is 11.3. The summed E-state index contributed by atoms with van der Waals surface area (Å²) in [6.45, 7) is 4.06. The Morgan fingerprint density at radius 2 is 2.04 bits per heavy atom. The van der Waals surface area contributed by atoms with Crippen LogP contribution in [0.15, 0.2) is 40.7 Å². The molecule has 1 aliphatic heterocycles. The maximum atomic E-state index is 5.93. The molecular formula is C17H22IN3O2S. The standard InChI is InChI=1S/C17H21N3O2S.HI/c1-12-7-8-23-16(12)10-20-17(18-2)19-9-13-11-21-14-5-3-4-6-15(14)22-13;/h3-8,13H,9-11H2,1-2H3,(H2,18,19,20);1H. The highest BCUT2D eigenvalue weighted by molar-refractivity contribution is 14.0. The van der Waals surface area contributed by atoms with E-state index in [1.165, 1.54) is 10.4 Å². The van der Waals surface area contributed by atoms with Gasteiger partial charge in [-0.15, -0.1) is 35.3 Å². The van der Waals surface area contributed by atoms with E-state index in [1.54, 1.807) is 18.4 Å². The first-order valence-corrected chi connectivity index (χ1v) is 8.50. The van der Waals surface area contributed by atoms with Crippen molar-refractivity contribution in [2.45, 2.75) is 19.6 Å². The van der Waals surface area contributed by atoms with Gasteiger partial charge in [-0.25, -0.2) is 0 Å². The third-order valence-electron chi connectivity index (χ3n) is 3.67. The zero-order valence-electron chi connectivity index (χ0n) is 13.7. The average Bonchev–Trinajstić information content (AvgIpc) is 3.00. The number of ether oxygens (including phenoxy) is 2. The van der Waals surface area contributed by atoms with Crippen LogP contribution in [0.2, 0.25) is 0 Å². The largest absolute Gasteiger partial charge is 0.486 e. The molecule has 1 aromatic heterocycles. The van der Waals surface area contributed by atoms with Crippen LogP contribution in [0.5, 0.6) is 11.5 Å². The van der Waals surface area contributed by atoms with Gasteiger partial charge in [-0.3, -0.25) is 4.99 Å². The number of rotatable bonds is 4. The molecule has 0 saturated heterocycles. The van der Waals surface area contributed by atoms with Crippen LogP contribution in [0.3, 0.4) is 0 Å². The van der Waals surface area contributed by atoms with Crippen LogP contribution in [0, 0.1) is 6.92 Å². The molecule has 2 aromatic rings. The fraction of sp³-hybridized carbons (Fsp3) is 0.353. The van der Waals surface area contributed by atoms with Gasteiger partial charge in [-0.05, 0) is 36.1 Å². The number of halogens is 1. The van der Waals surface area contributed by atoms with E-state index in [1.807, 2.05) is 24.3 Å². The molecule has 2 N–H and O–H groups in total. The van der Waals surface area contributed by atoms with Crippen molar-refractivity contribution in [3.8, 4) is 11.5 Å². The summed E-state index contributed by atoms with van der Waals surface area (Å²) in [7, 11) is 1.77. The highest BCUT2D eigenvalue weighted by Gasteiger charge is 2.20. The molecule has 0 aliphatic carbocycles. The van der Waals surface area contributed by atoms with Crippen molar-refractivity contribution < 1.29 is 9.47 Å². The Hall–Kier alpha value is -1.48. The topological polar surface area (TPSA) is 54.9 Å². The normalized spacial score (nSPS) is 16.2. The molecule has 0 radical (unpaired) electrons. The van der Waals surface area contributed by atoms with Crippen LogP contribution in [0.4, 0.5) is 0 Å². The lowest BCUT2D eigenvalue weighted by Crippen LogP contribution is -2.45. The van der Waals surface area contributed by atoms with Crippen LogP contribution < -0.4 is 20.1 Å². The zero-order chi connectivity index (χ0) is 16.1. The van der Waals surface area contributed by atoms with E-state index in [0.717, 1.165) is 24.0 Å². The summed E-state index contributed by atoms with van der Waals surface area (Å²) in [5, 5.41) is 8.72. The molecule has 2 heterocycles. The van der Waals surface area contributed by atoms with Crippen molar-refractivity contribution in [2.75, 3.05) is 20.2 Å². The second-order valence-corrected chi connectivity index (χ2v) is 6.33. The molecule has 1 aliphatic rings. The van der Waals surface area contributed by atoms with Gasteiger partial charge in [0.25, 0.3) is 0 Å². The lowest BCUT2D eigenvalue weighted by molar-refractivity contribution is 0.0936. The number of guanidine groups is 1. The Morgan fingerprint density at radius 3 is 2.75 bits per heavy atom. The summed E-state index contributed by atoms with van der Waals surface area (Å²) in [5.74, 6) is 2.36. The fourth-order valence-electron chi connectivity index (χ4n) is 2.34. The Bertz CT molecular complexity index is 690. The monoisotopic (exact) mass is 459 g/mol. The van der Waals surface area contributed by atoms with Gasteiger partial charge in [-0.2, -0.15) is 0 Å². The highest BCUT2D eigenvalue weighted by Crippen LogP contribution is 2.30. The molecule has 130 valence electrons. The minimum absolute atomic E-state index is 0. The van der Waals surface area contributed by atoms with Gasteiger partial charge in [0.15, 0.2) is 17.5 Å². The molecule has 1 unspecified atom stereocenters. The summed E-state index contributed by atoms with van der Waals surface area (Å²) in [5.41, 5.74) is 1.30. The van der Waals surface area contributed by atoms with Gasteiger partial charge in [-0.1, -0.05) is 12.1 Å². The highest BCUT2D eigenvalue weighted by atomic mass is 127. The van der Waals surface area contributed by atoms with E-state index in [9.17, 15) is 0 Å². The van der Waals surface area contributed by atoms with E-state index in [2.05, 4.69) is 34.0 Å². The van der Waals surface area contributed by atoms with Crippen molar-refractivity contribution in [1.29, 1.82) is 0 Å². The number of thiophene rings is 1. The van der Waals surface area contributed by atoms with Gasteiger partial charge < -0.3 is 20.1 Å². The number of nitrogens with one attached hydrogen (secondary N) is 2. The molecule has 3 rings (SSSR count). The number of aliphatic imine (C=N–C) groups is 1. The maximum absolute atomic E-state index is 5.93. The lowest BCUT2D eigenvalue weighted by Gasteiger charge is -2.27. The molecule has 1 aromatic carbocycles. The van der Waals surface area contributed by atoms with Gasteiger partial charge in [0.1, 0.15) is 12.7 Å². The third-order valence-corrected chi connectivity index (χ3v) is 4.70. The number of aryl methyl sites for hydroxylation is 1. The number of nitrogens with zero attached hydrogens (tertiary/aromatic N) is 1. The second kappa shape index (κ2) is 9.12. The van der Waals surface area contributed by atoms with Crippen LogP contribution in [-0.2, 0) is 6.54 Å². The van der Waals surface area contributed by atoms with Gasteiger partial charge >= 0.3 is 0 Å². The quantitative estimate of drug-likeness (QED) is 0.419. The van der Waals surface area contributed by atoms with Gasteiger partial charge in [0, 0.05) is 11.9 Å². The predicted octanol–water partition coefficient (Wildman–Crippen LogP) is 3.18. The average molecular weight is 459 g/mol. The molecule has 0 amide bonds. The molecular weight excluding hydrogens is 437 g/mol. The first-order valence-electron chi connectivity index (χ1n) is 7.62. The fourth-order valence-corrected chi connectivity index (χ4v) is 3.19. The maximum Gasteiger partial charge on any atom is 0.191 e. The third kappa shape index (κ3) is 4.76. The Kier molecular flexibility index (Phi) is 7.16. The number of hydrogen-bond donors (Lipinski definition) is 2. The number of benzene rings is 1. The molecule has 0 bridgehead atoms. The van der Waals surface area contributed by atoms with Crippen LogP contribution in [-0.4, -0.2) is 32.3 Å². The summed E-state index contributed by atoms with van der Waals surface area (Å²) < 4.78 is 11.6. The zero-order valence-corrected chi connectivity index (χ0v) is 16.9. The van der Waals surface area contributed by atoms with Crippen LogP contribution in [0.1, 0.15) is 10.4 Å². The summed E-state index contributed by atoms with van der Waals surface area (Å²) >= 11 is 1.75. The molecule has 7 heteroatoms. The van der Waals surface area contributed by atoms with Crippen molar-refractivity contribution >= 4 is 41.3 Å². The molecule has 24 heavy (non-hydrogen) atoms. The van der Waals surface area contributed by atoms with Crippen LogP contribution >= 0.6 is 35.3 Å². The van der Waals surface area contributed by atoms with E-state index >= 15 is 0 Å². The van der Waals surface area contributed by atoms with Gasteiger partial charge in [0.05, 0.1) is 13.1 Å². The Balaban J connectivity index is 0.00000208. The number of para-hydroxylation sites is 2. The van der Waals surface area contributed by atoms with E-state index in [0.29, 0.717) is 13.2 Å². The summed E-state index contributed by atoms with van der Waals surface area (Å²) in [6, 6.07) is 9.86. The van der Waals surface area contributed by atoms with E-state index in [4.69, 9.17) is 9.47 Å². The summed E-state index contributed by atoms with van der Waals surface area (Å²) in [4.78, 5) is 5.57. The van der Waals surface area contributed by atoms with E-state index < -0.39 is 0 Å². The molecule has 0 saturated carbocycles. The van der Waals surface area contributed by atoms with Crippen molar-refractivity contribution in [2.24, 2.45) is 4.99 Å². The SMILES string of the molecule is CN=C(NCc1sccc1C)NCC1COc2ccccc2O1.I. The Morgan fingerprint density at radius 1 is 1.25 bits per heavy atom. The molecule has 0 spiro atoms. The minimum Gasteiger partial charge on any atom is -0.486 e. The summed E-state index contributed by atoms with van der Waals surface area (Å²) in [6.07, 6.45) is -0.0353. The molecule has 1 atom stereocenters. The van der Waals surface area contributed by atoms with Crippen LogP contribution in [0.25, 0.3) is 0 Å². The number of fused-ring (bicyclic) bond motifs is 1. The molecule has 0 fully saturated rings. The molecule has 5 nitrogen and oxygen atoms in total. The number of hydrogen-bond acceptors (Lipinski definition) is 4. The van der Waals surface area contributed by atoms with Gasteiger partial charge in [0.2, 0.25) is 0 Å². The minimum atomic E-state index is -0.0353. The Labute approximate surface area is 163 Å². The van der Waals surface area contributed by atoms with Crippen molar-refractivity contribution in [1.82, 2.24) is 10.6 Å². The first kappa shape index (κ1) is 18.9.